The predicted octanol–water partition coefficient (Wildman–Crippen LogP) is -0.758. The van der Waals surface area contributed by atoms with Crippen molar-refractivity contribution in [3.05, 3.63) is 18.2 Å². The zero-order chi connectivity index (χ0) is 14.0. The van der Waals surface area contributed by atoms with Crippen LogP contribution in [0.5, 0.6) is 0 Å². The molecule has 0 unspecified atom stereocenters. The number of anilines is 2. The minimum atomic E-state index is -3.77. The Balaban J connectivity index is 2.32. The lowest BCUT2D eigenvalue weighted by Gasteiger charge is -2.23. The van der Waals surface area contributed by atoms with Gasteiger partial charge < -0.3 is 16.0 Å². The van der Waals surface area contributed by atoms with E-state index in [0.717, 1.165) is 6.42 Å². The molecule has 1 heterocycles. The van der Waals surface area contributed by atoms with Crippen molar-refractivity contribution in [2.45, 2.75) is 11.3 Å². The van der Waals surface area contributed by atoms with Crippen LogP contribution in [0.2, 0.25) is 0 Å². The second-order valence-electron chi connectivity index (χ2n) is 4.39. The van der Waals surface area contributed by atoms with Crippen molar-refractivity contribution in [3.8, 4) is 0 Å². The number of sulfonamides is 1. The molecule has 0 aliphatic carbocycles. The number of nitrogens with one attached hydrogen (secondary N) is 1. The van der Waals surface area contributed by atoms with E-state index in [1.54, 1.807) is 6.07 Å². The summed E-state index contributed by atoms with van der Waals surface area (Å²) in [5.74, 6) is -0.0765. The van der Waals surface area contributed by atoms with E-state index < -0.39 is 10.0 Å². The topological polar surface area (TPSA) is 119 Å². The average Bonchev–Trinajstić information content (AvgIpc) is 2.52. The summed E-state index contributed by atoms with van der Waals surface area (Å²) < 4.78 is 22.4. The van der Waals surface area contributed by atoms with E-state index in [1.807, 2.05) is 4.90 Å². The van der Waals surface area contributed by atoms with Crippen LogP contribution in [0.1, 0.15) is 6.42 Å². The molecule has 5 N–H and O–H groups in total. The van der Waals surface area contributed by atoms with Gasteiger partial charge in [-0.05, 0) is 24.6 Å². The number of hydrogen-bond acceptors (Lipinski definition) is 5. The van der Waals surface area contributed by atoms with Crippen molar-refractivity contribution in [1.82, 2.24) is 5.32 Å². The van der Waals surface area contributed by atoms with Gasteiger partial charge in [-0.3, -0.25) is 4.79 Å². The van der Waals surface area contributed by atoms with Crippen LogP contribution in [0.3, 0.4) is 0 Å². The first kappa shape index (κ1) is 13.6. The van der Waals surface area contributed by atoms with Crippen LogP contribution >= 0.6 is 0 Å². The van der Waals surface area contributed by atoms with Gasteiger partial charge in [-0.25, -0.2) is 13.6 Å². The van der Waals surface area contributed by atoms with E-state index in [1.165, 1.54) is 12.1 Å². The van der Waals surface area contributed by atoms with Gasteiger partial charge in [0.05, 0.1) is 22.8 Å². The summed E-state index contributed by atoms with van der Waals surface area (Å²) in [6, 6.07) is 4.28. The molecule has 0 aromatic heterocycles. The monoisotopic (exact) mass is 284 g/mol. The lowest BCUT2D eigenvalue weighted by Crippen LogP contribution is -2.33. The average molecular weight is 284 g/mol. The number of carbonyl (C=O) groups is 1. The molecule has 0 atom stereocenters. The van der Waals surface area contributed by atoms with E-state index in [4.69, 9.17) is 10.9 Å². The Hall–Kier alpha value is -1.80. The number of carbonyl (C=O) groups excluding carboxylic acids is 1. The van der Waals surface area contributed by atoms with E-state index in [-0.39, 0.29) is 17.3 Å². The minimum Gasteiger partial charge on any atom is -0.397 e. The van der Waals surface area contributed by atoms with Crippen LogP contribution < -0.4 is 21.1 Å². The Morgan fingerprint density at radius 2 is 2.05 bits per heavy atom. The van der Waals surface area contributed by atoms with Crippen LogP contribution in [0.15, 0.2) is 23.1 Å². The van der Waals surface area contributed by atoms with Crippen molar-refractivity contribution in [2.75, 3.05) is 30.3 Å². The van der Waals surface area contributed by atoms with Gasteiger partial charge in [0.2, 0.25) is 15.9 Å². The number of nitrogens with two attached hydrogens (primary N) is 2. The number of amides is 1. The van der Waals surface area contributed by atoms with Crippen molar-refractivity contribution in [1.29, 1.82) is 0 Å². The third-order valence-electron chi connectivity index (χ3n) is 2.93. The third kappa shape index (κ3) is 3.15. The van der Waals surface area contributed by atoms with Gasteiger partial charge in [0.25, 0.3) is 0 Å². The van der Waals surface area contributed by atoms with Gasteiger partial charge in [-0.2, -0.15) is 0 Å². The van der Waals surface area contributed by atoms with E-state index in [2.05, 4.69) is 5.32 Å². The van der Waals surface area contributed by atoms with Crippen LogP contribution in [0, 0.1) is 0 Å². The van der Waals surface area contributed by atoms with Gasteiger partial charge in [0.1, 0.15) is 0 Å². The zero-order valence-electron chi connectivity index (χ0n) is 10.3. The minimum absolute atomic E-state index is 0.0342. The molecule has 0 bridgehead atoms. The number of rotatable bonds is 2. The van der Waals surface area contributed by atoms with E-state index in [0.29, 0.717) is 24.5 Å². The Morgan fingerprint density at radius 3 is 2.68 bits per heavy atom. The van der Waals surface area contributed by atoms with E-state index >= 15 is 0 Å². The molecule has 1 aromatic rings. The van der Waals surface area contributed by atoms with Gasteiger partial charge in [-0.1, -0.05) is 0 Å². The van der Waals surface area contributed by atoms with Gasteiger partial charge in [0.15, 0.2) is 0 Å². The maximum absolute atomic E-state index is 11.5. The summed E-state index contributed by atoms with van der Waals surface area (Å²) >= 11 is 0. The van der Waals surface area contributed by atoms with Crippen LogP contribution in [0.25, 0.3) is 0 Å². The fourth-order valence-electron chi connectivity index (χ4n) is 2.01. The molecule has 1 aliphatic rings. The van der Waals surface area contributed by atoms with Gasteiger partial charge in [0, 0.05) is 13.1 Å². The van der Waals surface area contributed by atoms with Crippen LogP contribution in [-0.4, -0.2) is 34.0 Å². The lowest BCUT2D eigenvalue weighted by molar-refractivity contribution is -0.119. The summed E-state index contributed by atoms with van der Waals surface area (Å²) in [6.45, 7) is 1.51. The van der Waals surface area contributed by atoms with Crippen molar-refractivity contribution in [2.24, 2.45) is 5.14 Å². The summed E-state index contributed by atoms with van der Waals surface area (Å²) in [4.78, 5) is 13.3. The standard InChI is InChI=1S/C11H16N4O3S/c12-9-6-8(19(13,17)18)2-3-10(9)15-5-1-4-14-11(16)7-15/h2-3,6H,1,4-5,7,12H2,(H,14,16)(H2,13,17,18). The molecule has 1 fully saturated rings. The molecule has 1 aliphatic heterocycles. The fourth-order valence-corrected chi connectivity index (χ4v) is 2.56. The highest BCUT2D eigenvalue weighted by Gasteiger charge is 2.18. The van der Waals surface area contributed by atoms with Crippen molar-refractivity contribution < 1.29 is 13.2 Å². The largest absolute Gasteiger partial charge is 0.397 e. The molecule has 0 saturated carbocycles. The molecule has 0 radical (unpaired) electrons. The molecule has 0 spiro atoms. The van der Waals surface area contributed by atoms with Crippen LogP contribution in [0.4, 0.5) is 11.4 Å². The Bertz CT molecular complexity index is 600. The first-order chi connectivity index (χ1) is 8.88. The molecule has 19 heavy (non-hydrogen) atoms. The molecular weight excluding hydrogens is 268 g/mol. The molecule has 1 saturated heterocycles. The highest BCUT2D eigenvalue weighted by Crippen LogP contribution is 2.26. The first-order valence-corrected chi connectivity index (χ1v) is 7.36. The highest BCUT2D eigenvalue weighted by molar-refractivity contribution is 7.89. The smallest absolute Gasteiger partial charge is 0.239 e. The summed E-state index contributed by atoms with van der Waals surface area (Å²) in [6.07, 6.45) is 0.808. The quantitative estimate of drug-likeness (QED) is 0.617. The number of hydrogen-bond donors (Lipinski definition) is 3. The maximum Gasteiger partial charge on any atom is 0.239 e. The fraction of sp³-hybridized carbons (Fsp3) is 0.364. The Kier molecular flexibility index (Phi) is 3.63. The SMILES string of the molecule is Nc1cc(S(N)(=O)=O)ccc1N1CCCNC(=O)C1. The molecule has 7 nitrogen and oxygen atoms in total. The molecular formula is C11H16N4O3S. The van der Waals surface area contributed by atoms with Gasteiger partial charge >= 0.3 is 0 Å². The number of nitrogen functional groups attached to an aromatic ring is 1. The Morgan fingerprint density at radius 1 is 1.32 bits per heavy atom. The zero-order valence-corrected chi connectivity index (χ0v) is 11.1. The van der Waals surface area contributed by atoms with Crippen molar-refractivity contribution in [3.63, 3.8) is 0 Å². The lowest BCUT2D eigenvalue weighted by atomic mass is 10.2. The molecule has 104 valence electrons. The highest BCUT2D eigenvalue weighted by atomic mass is 32.2. The molecule has 1 aromatic carbocycles. The molecule has 8 heteroatoms. The number of primary sulfonamides is 1. The van der Waals surface area contributed by atoms with Crippen LogP contribution in [-0.2, 0) is 14.8 Å². The second kappa shape index (κ2) is 5.06. The Labute approximate surface area is 111 Å². The predicted molar refractivity (Wildman–Crippen MR) is 72.1 cm³/mol. The number of nitrogens with zero attached hydrogens (tertiary/aromatic N) is 1. The first-order valence-electron chi connectivity index (χ1n) is 5.82. The molecule has 2 rings (SSSR count). The summed E-state index contributed by atoms with van der Waals surface area (Å²) in [5.41, 5.74) is 6.79. The second-order valence-corrected chi connectivity index (χ2v) is 5.95. The van der Waals surface area contributed by atoms with E-state index in [9.17, 15) is 13.2 Å². The third-order valence-corrected chi connectivity index (χ3v) is 3.84. The normalized spacial score (nSPS) is 16.9. The number of benzene rings is 1. The van der Waals surface area contributed by atoms with Crippen molar-refractivity contribution >= 4 is 27.3 Å². The summed E-state index contributed by atoms with van der Waals surface area (Å²) in [7, 11) is -3.77. The maximum atomic E-state index is 11.5. The summed E-state index contributed by atoms with van der Waals surface area (Å²) in [5, 5.41) is 7.80. The molecule has 1 amide bonds. The van der Waals surface area contributed by atoms with Gasteiger partial charge in [-0.15, -0.1) is 0 Å².